The van der Waals surface area contributed by atoms with Gasteiger partial charge in [0.15, 0.2) is 0 Å². The van der Waals surface area contributed by atoms with Crippen LogP contribution in [-0.2, 0) is 4.79 Å². The molecule has 142 valence electrons. The molecule has 0 bridgehead atoms. The normalized spacial score (nSPS) is 17.2. The highest BCUT2D eigenvalue weighted by Gasteiger charge is 2.29. The number of nitrogens with one attached hydrogen (secondary N) is 2. The fourth-order valence-corrected chi connectivity index (χ4v) is 2.96. The fraction of sp³-hybridized carbons (Fsp3) is 0.263. The summed E-state index contributed by atoms with van der Waals surface area (Å²) >= 11 is 0. The lowest BCUT2D eigenvalue weighted by Gasteiger charge is -2.29. The molecular formula is C19H19F2N3O3. The molecule has 1 atom stereocenters. The summed E-state index contributed by atoms with van der Waals surface area (Å²) in [6.07, 6.45) is 0.165. The second-order valence-corrected chi connectivity index (χ2v) is 6.01. The lowest BCUT2D eigenvalue weighted by Crippen LogP contribution is -2.39. The zero-order valence-electron chi connectivity index (χ0n) is 14.4. The minimum Gasteiger partial charge on any atom is -0.435 e. The molecule has 0 aromatic heterocycles. The van der Waals surface area contributed by atoms with Crippen LogP contribution in [0, 0.1) is 0 Å². The molecule has 0 unspecified atom stereocenters. The van der Waals surface area contributed by atoms with Gasteiger partial charge in [-0.2, -0.15) is 8.78 Å². The van der Waals surface area contributed by atoms with Gasteiger partial charge in [-0.3, -0.25) is 4.79 Å². The molecule has 1 saturated heterocycles. The summed E-state index contributed by atoms with van der Waals surface area (Å²) < 4.78 is 28.7. The molecule has 0 aliphatic carbocycles. The largest absolute Gasteiger partial charge is 0.435 e. The van der Waals surface area contributed by atoms with Crippen LogP contribution in [0.25, 0.3) is 0 Å². The van der Waals surface area contributed by atoms with Gasteiger partial charge in [-0.25, -0.2) is 4.79 Å². The number of carbonyl (C=O) groups excluding carboxylic acids is 2. The molecule has 0 radical (unpaired) electrons. The Morgan fingerprint density at radius 3 is 2.52 bits per heavy atom. The third kappa shape index (κ3) is 4.93. The molecule has 2 aromatic rings. The van der Waals surface area contributed by atoms with Crippen LogP contribution in [0.2, 0.25) is 0 Å². The van der Waals surface area contributed by atoms with E-state index in [0.29, 0.717) is 18.8 Å². The Balaban J connectivity index is 1.75. The number of hydrogen-bond acceptors (Lipinski definition) is 3. The van der Waals surface area contributed by atoms with E-state index >= 15 is 0 Å². The van der Waals surface area contributed by atoms with Gasteiger partial charge < -0.3 is 20.3 Å². The maximum atomic E-state index is 12.8. The Morgan fingerprint density at radius 1 is 1.15 bits per heavy atom. The van der Waals surface area contributed by atoms with Crippen LogP contribution in [0.5, 0.6) is 5.75 Å². The van der Waals surface area contributed by atoms with E-state index < -0.39 is 12.7 Å². The van der Waals surface area contributed by atoms with Crippen molar-refractivity contribution < 1.29 is 23.1 Å². The van der Waals surface area contributed by atoms with Crippen molar-refractivity contribution in [1.82, 2.24) is 10.2 Å². The Morgan fingerprint density at radius 2 is 1.85 bits per heavy atom. The van der Waals surface area contributed by atoms with Crippen molar-refractivity contribution >= 4 is 17.6 Å². The number of benzene rings is 2. The quantitative estimate of drug-likeness (QED) is 0.861. The van der Waals surface area contributed by atoms with Crippen LogP contribution in [0.4, 0.5) is 19.3 Å². The van der Waals surface area contributed by atoms with Crippen LogP contribution < -0.4 is 15.4 Å². The van der Waals surface area contributed by atoms with Crippen LogP contribution in [0.3, 0.4) is 0 Å². The Kier molecular flexibility index (Phi) is 5.85. The fourth-order valence-electron chi connectivity index (χ4n) is 2.96. The van der Waals surface area contributed by atoms with Gasteiger partial charge in [-0.15, -0.1) is 0 Å². The molecule has 0 saturated carbocycles. The molecule has 27 heavy (non-hydrogen) atoms. The SMILES string of the molecule is O=C1C[C@@H](c2ccccc2)N(C(=O)Nc2ccc(OC(F)F)cc2)CCN1. The first-order valence-corrected chi connectivity index (χ1v) is 8.47. The van der Waals surface area contributed by atoms with E-state index in [0.717, 1.165) is 5.56 Å². The highest BCUT2D eigenvalue weighted by Crippen LogP contribution is 2.27. The van der Waals surface area contributed by atoms with Crippen LogP contribution >= 0.6 is 0 Å². The smallest absolute Gasteiger partial charge is 0.387 e. The monoisotopic (exact) mass is 375 g/mol. The minimum absolute atomic E-state index is 0.00901. The molecule has 1 aliphatic rings. The number of rotatable bonds is 4. The van der Waals surface area contributed by atoms with Crippen LogP contribution in [0.1, 0.15) is 18.0 Å². The highest BCUT2D eigenvalue weighted by molar-refractivity contribution is 5.90. The van der Waals surface area contributed by atoms with Gasteiger partial charge in [0.1, 0.15) is 5.75 Å². The van der Waals surface area contributed by atoms with E-state index in [4.69, 9.17) is 0 Å². The summed E-state index contributed by atoms with van der Waals surface area (Å²) in [5, 5.41) is 5.51. The van der Waals surface area contributed by atoms with Crippen molar-refractivity contribution in [2.75, 3.05) is 18.4 Å². The van der Waals surface area contributed by atoms with Gasteiger partial charge in [0.25, 0.3) is 0 Å². The second-order valence-electron chi connectivity index (χ2n) is 6.01. The molecule has 2 aromatic carbocycles. The standard InChI is InChI=1S/C19H19F2N3O3/c20-18(21)27-15-8-6-14(7-9-15)23-19(26)24-11-10-22-17(25)12-16(24)13-4-2-1-3-5-13/h1-9,16,18H,10-12H2,(H,22,25)(H,23,26)/t16-/m0/s1. The average Bonchev–Trinajstić information content (AvgIpc) is 2.85. The van der Waals surface area contributed by atoms with Crippen molar-refractivity contribution in [2.45, 2.75) is 19.1 Å². The van der Waals surface area contributed by atoms with Gasteiger partial charge in [0.2, 0.25) is 5.91 Å². The first-order valence-electron chi connectivity index (χ1n) is 8.47. The molecule has 3 amide bonds. The number of ether oxygens (including phenoxy) is 1. The summed E-state index contributed by atoms with van der Waals surface area (Å²) in [6, 6.07) is 14.2. The zero-order chi connectivity index (χ0) is 19.2. The molecule has 1 fully saturated rings. The lowest BCUT2D eigenvalue weighted by atomic mass is 10.0. The first kappa shape index (κ1) is 18.6. The number of anilines is 1. The average molecular weight is 375 g/mol. The molecule has 6 nitrogen and oxygen atoms in total. The predicted molar refractivity (Wildman–Crippen MR) is 95.6 cm³/mol. The molecule has 1 heterocycles. The number of halogens is 2. The van der Waals surface area contributed by atoms with E-state index in [9.17, 15) is 18.4 Å². The second kappa shape index (κ2) is 8.48. The molecule has 3 rings (SSSR count). The van der Waals surface area contributed by atoms with Gasteiger partial charge >= 0.3 is 12.6 Å². The summed E-state index contributed by atoms with van der Waals surface area (Å²) in [6.45, 7) is -2.19. The number of alkyl halides is 2. The van der Waals surface area contributed by atoms with E-state index in [-0.39, 0.29) is 24.1 Å². The number of urea groups is 1. The Hall–Kier alpha value is -3.16. The van der Waals surface area contributed by atoms with Crippen molar-refractivity contribution in [3.63, 3.8) is 0 Å². The Labute approximate surface area is 155 Å². The molecule has 1 aliphatic heterocycles. The summed E-state index contributed by atoms with van der Waals surface area (Å²) in [7, 11) is 0. The number of amides is 3. The van der Waals surface area contributed by atoms with Gasteiger partial charge in [0.05, 0.1) is 12.5 Å². The summed E-state index contributed by atoms with van der Waals surface area (Å²) in [4.78, 5) is 26.4. The third-order valence-electron chi connectivity index (χ3n) is 4.21. The summed E-state index contributed by atoms with van der Waals surface area (Å²) in [5.74, 6) is -0.109. The maximum Gasteiger partial charge on any atom is 0.387 e. The summed E-state index contributed by atoms with van der Waals surface area (Å²) in [5.41, 5.74) is 1.31. The lowest BCUT2D eigenvalue weighted by molar-refractivity contribution is -0.121. The first-order chi connectivity index (χ1) is 13.0. The van der Waals surface area contributed by atoms with E-state index in [1.54, 1.807) is 4.90 Å². The van der Waals surface area contributed by atoms with Crippen molar-refractivity contribution in [3.05, 3.63) is 60.2 Å². The van der Waals surface area contributed by atoms with Crippen molar-refractivity contribution in [2.24, 2.45) is 0 Å². The van der Waals surface area contributed by atoms with E-state index in [2.05, 4.69) is 15.4 Å². The minimum atomic E-state index is -2.90. The van der Waals surface area contributed by atoms with Crippen LogP contribution in [0.15, 0.2) is 54.6 Å². The molecule has 8 heteroatoms. The number of hydrogen-bond donors (Lipinski definition) is 2. The van der Waals surface area contributed by atoms with Gasteiger partial charge in [0, 0.05) is 18.8 Å². The van der Waals surface area contributed by atoms with Crippen LogP contribution in [-0.4, -0.2) is 36.5 Å². The van der Waals surface area contributed by atoms with Gasteiger partial charge in [-0.05, 0) is 29.8 Å². The third-order valence-corrected chi connectivity index (χ3v) is 4.21. The molecule has 0 spiro atoms. The number of nitrogens with zero attached hydrogens (tertiary/aromatic N) is 1. The zero-order valence-corrected chi connectivity index (χ0v) is 14.4. The Bertz CT molecular complexity index is 785. The van der Waals surface area contributed by atoms with Crippen molar-refractivity contribution in [1.29, 1.82) is 0 Å². The highest BCUT2D eigenvalue weighted by atomic mass is 19.3. The van der Waals surface area contributed by atoms with E-state index in [1.165, 1.54) is 24.3 Å². The maximum absolute atomic E-state index is 12.8. The molecule has 2 N–H and O–H groups in total. The topological polar surface area (TPSA) is 70.7 Å². The van der Waals surface area contributed by atoms with E-state index in [1.807, 2.05) is 30.3 Å². The predicted octanol–water partition coefficient (Wildman–Crippen LogP) is 3.38. The number of carbonyl (C=O) groups is 2. The van der Waals surface area contributed by atoms with Crippen molar-refractivity contribution in [3.8, 4) is 5.75 Å². The molecular weight excluding hydrogens is 356 g/mol. The van der Waals surface area contributed by atoms with Gasteiger partial charge in [-0.1, -0.05) is 30.3 Å².